The first kappa shape index (κ1) is 15.0. The maximum absolute atomic E-state index is 12.2. The normalized spacial score (nSPS) is 17.8. The van der Waals surface area contributed by atoms with Crippen molar-refractivity contribution >= 4 is 11.9 Å². The largest absolute Gasteiger partial charge is 0.460 e. The molecule has 0 N–H and O–H groups in total. The smallest absolute Gasteiger partial charge is 0.307 e. The first-order valence-corrected chi connectivity index (χ1v) is 6.24. The molecule has 0 atom stereocenters. The van der Waals surface area contributed by atoms with Gasteiger partial charge in [0.25, 0.3) is 5.91 Å². The number of carbonyl (C=O) groups is 2. The molecule has 104 valence electrons. The molecule has 5 nitrogen and oxygen atoms in total. The molecule has 1 saturated carbocycles. The predicted molar refractivity (Wildman–Crippen MR) is 66.5 cm³/mol. The SMILES string of the molecule is CON(C)C(=O)C1(CC(=O)OC(C)(C)C)CCC1. The van der Waals surface area contributed by atoms with Gasteiger partial charge in [0, 0.05) is 7.05 Å². The standard InChI is InChI=1S/C13H23NO4/c1-12(2,3)18-10(15)9-13(7-6-8-13)11(16)14(4)17-5/h6-9H2,1-5H3. The molecule has 1 rings (SSSR count). The number of amides is 1. The average molecular weight is 257 g/mol. The summed E-state index contributed by atoms with van der Waals surface area (Å²) in [6.45, 7) is 5.46. The van der Waals surface area contributed by atoms with E-state index in [1.807, 2.05) is 20.8 Å². The molecule has 0 aliphatic heterocycles. The van der Waals surface area contributed by atoms with E-state index in [-0.39, 0.29) is 18.3 Å². The van der Waals surface area contributed by atoms with Crippen molar-refractivity contribution in [2.24, 2.45) is 5.41 Å². The third kappa shape index (κ3) is 3.45. The third-order valence-electron chi connectivity index (χ3n) is 3.23. The van der Waals surface area contributed by atoms with Gasteiger partial charge in [0.1, 0.15) is 5.60 Å². The molecule has 18 heavy (non-hydrogen) atoms. The number of hydrogen-bond donors (Lipinski definition) is 0. The van der Waals surface area contributed by atoms with Gasteiger partial charge in [0.15, 0.2) is 0 Å². The van der Waals surface area contributed by atoms with Gasteiger partial charge in [-0.3, -0.25) is 14.4 Å². The Kier molecular flexibility index (Phi) is 4.37. The van der Waals surface area contributed by atoms with Gasteiger partial charge in [-0.2, -0.15) is 0 Å². The number of esters is 1. The fourth-order valence-corrected chi connectivity index (χ4v) is 2.14. The Morgan fingerprint density at radius 2 is 1.83 bits per heavy atom. The molecule has 0 radical (unpaired) electrons. The Bertz CT molecular complexity index is 328. The van der Waals surface area contributed by atoms with E-state index in [9.17, 15) is 9.59 Å². The Hall–Kier alpha value is -1.10. The van der Waals surface area contributed by atoms with Crippen molar-refractivity contribution in [3.8, 4) is 0 Å². The second-order valence-corrected chi connectivity index (χ2v) is 5.88. The topological polar surface area (TPSA) is 55.8 Å². The minimum absolute atomic E-state index is 0.136. The number of nitrogens with zero attached hydrogens (tertiary/aromatic N) is 1. The maximum atomic E-state index is 12.2. The molecule has 0 heterocycles. The van der Waals surface area contributed by atoms with Gasteiger partial charge in [-0.05, 0) is 33.6 Å². The van der Waals surface area contributed by atoms with E-state index in [1.54, 1.807) is 7.05 Å². The van der Waals surface area contributed by atoms with Crippen LogP contribution >= 0.6 is 0 Å². The molecule has 5 heteroatoms. The van der Waals surface area contributed by atoms with Gasteiger partial charge in [-0.15, -0.1) is 0 Å². The zero-order chi connectivity index (χ0) is 14.0. The van der Waals surface area contributed by atoms with Crippen molar-refractivity contribution in [2.45, 2.75) is 52.1 Å². The highest BCUT2D eigenvalue weighted by Gasteiger charge is 2.48. The van der Waals surface area contributed by atoms with Gasteiger partial charge >= 0.3 is 5.97 Å². The minimum atomic E-state index is -0.618. The van der Waals surface area contributed by atoms with Gasteiger partial charge < -0.3 is 4.74 Å². The van der Waals surface area contributed by atoms with Crippen molar-refractivity contribution < 1.29 is 19.2 Å². The molecule has 1 amide bonds. The van der Waals surface area contributed by atoms with Crippen molar-refractivity contribution in [1.82, 2.24) is 5.06 Å². The molecule has 1 fully saturated rings. The number of ether oxygens (including phenoxy) is 1. The van der Waals surface area contributed by atoms with E-state index in [4.69, 9.17) is 9.57 Å². The highest BCUT2D eigenvalue weighted by Crippen LogP contribution is 2.45. The molecule has 0 bridgehead atoms. The summed E-state index contributed by atoms with van der Waals surface area (Å²) in [6, 6.07) is 0. The Labute approximate surface area is 108 Å². The lowest BCUT2D eigenvalue weighted by Crippen LogP contribution is -2.48. The zero-order valence-electron chi connectivity index (χ0n) is 11.9. The van der Waals surface area contributed by atoms with Crippen molar-refractivity contribution in [2.75, 3.05) is 14.2 Å². The molecule has 0 aromatic carbocycles. The molecular formula is C13H23NO4. The van der Waals surface area contributed by atoms with Crippen LogP contribution in [0, 0.1) is 5.41 Å². The third-order valence-corrected chi connectivity index (χ3v) is 3.23. The van der Waals surface area contributed by atoms with Crippen molar-refractivity contribution in [1.29, 1.82) is 0 Å². The summed E-state index contributed by atoms with van der Waals surface area (Å²) in [5.74, 6) is -0.456. The Morgan fingerprint density at radius 1 is 1.28 bits per heavy atom. The number of hydroxylamine groups is 2. The number of carbonyl (C=O) groups excluding carboxylic acids is 2. The van der Waals surface area contributed by atoms with Gasteiger partial charge in [0.2, 0.25) is 0 Å². The fourth-order valence-electron chi connectivity index (χ4n) is 2.14. The van der Waals surface area contributed by atoms with E-state index in [2.05, 4.69) is 0 Å². The summed E-state index contributed by atoms with van der Waals surface area (Å²) in [6.07, 6.45) is 2.54. The summed E-state index contributed by atoms with van der Waals surface area (Å²) < 4.78 is 5.28. The van der Waals surface area contributed by atoms with E-state index in [0.29, 0.717) is 0 Å². The highest BCUT2D eigenvalue weighted by molar-refractivity contribution is 5.87. The summed E-state index contributed by atoms with van der Waals surface area (Å²) >= 11 is 0. The molecule has 0 unspecified atom stereocenters. The molecule has 0 spiro atoms. The fraction of sp³-hybridized carbons (Fsp3) is 0.846. The second-order valence-electron chi connectivity index (χ2n) is 5.88. The summed E-state index contributed by atoms with van der Waals surface area (Å²) in [4.78, 5) is 28.9. The van der Waals surface area contributed by atoms with E-state index < -0.39 is 11.0 Å². The van der Waals surface area contributed by atoms with Crippen molar-refractivity contribution in [3.63, 3.8) is 0 Å². The quantitative estimate of drug-likeness (QED) is 0.570. The summed E-state index contributed by atoms with van der Waals surface area (Å²) in [5, 5.41) is 1.20. The molecule has 0 saturated heterocycles. The van der Waals surface area contributed by atoms with Crippen LogP contribution in [0.4, 0.5) is 0 Å². The summed E-state index contributed by atoms with van der Waals surface area (Å²) in [5.41, 5.74) is -1.13. The lowest BCUT2D eigenvalue weighted by Gasteiger charge is -2.41. The molecular weight excluding hydrogens is 234 g/mol. The first-order chi connectivity index (χ1) is 8.20. The van der Waals surface area contributed by atoms with Crippen LogP contribution in [0.5, 0.6) is 0 Å². The Balaban J connectivity index is 2.67. The first-order valence-electron chi connectivity index (χ1n) is 6.24. The molecule has 0 aromatic heterocycles. The van der Waals surface area contributed by atoms with Gasteiger partial charge in [0.05, 0.1) is 18.9 Å². The van der Waals surface area contributed by atoms with Gasteiger partial charge in [-0.25, -0.2) is 5.06 Å². The van der Waals surface area contributed by atoms with Crippen molar-refractivity contribution in [3.05, 3.63) is 0 Å². The van der Waals surface area contributed by atoms with Crippen LogP contribution in [0.25, 0.3) is 0 Å². The number of rotatable bonds is 4. The monoisotopic (exact) mass is 257 g/mol. The molecule has 0 aromatic rings. The average Bonchev–Trinajstić information content (AvgIpc) is 2.18. The lowest BCUT2D eigenvalue weighted by molar-refractivity contribution is -0.190. The van der Waals surface area contributed by atoms with E-state index in [1.165, 1.54) is 12.2 Å². The van der Waals surface area contributed by atoms with Crippen LogP contribution in [-0.2, 0) is 19.2 Å². The zero-order valence-corrected chi connectivity index (χ0v) is 11.9. The number of hydrogen-bond acceptors (Lipinski definition) is 4. The second kappa shape index (κ2) is 5.26. The molecule has 1 aliphatic rings. The maximum Gasteiger partial charge on any atom is 0.307 e. The van der Waals surface area contributed by atoms with E-state index >= 15 is 0 Å². The van der Waals surface area contributed by atoms with Crippen LogP contribution in [0.15, 0.2) is 0 Å². The Morgan fingerprint density at radius 3 is 2.17 bits per heavy atom. The lowest BCUT2D eigenvalue weighted by atomic mass is 9.66. The summed E-state index contributed by atoms with van der Waals surface area (Å²) in [7, 11) is 3.01. The molecule has 1 aliphatic carbocycles. The van der Waals surface area contributed by atoms with Gasteiger partial charge in [-0.1, -0.05) is 6.42 Å². The van der Waals surface area contributed by atoms with Crippen LogP contribution in [0.3, 0.4) is 0 Å². The van der Waals surface area contributed by atoms with Crippen LogP contribution in [0.1, 0.15) is 46.5 Å². The van der Waals surface area contributed by atoms with E-state index in [0.717, 1.165) is 19.3 Å². The van der Waals surface area contributed by atoms with Crippen LogP contribution in [-0.4, -0.2) is 36.7 Å². The van der Waals surface area contributed by atoms with Crippen LogP contribution < -0.4 is 0 Å². The highest BCUT2D eigenvalue weighted by atomic mass is 16.7. The minimum Gasteiger partial charge on any atom is -0.460 e. The predicted octanol–water partition coefficient (Wildman–Crippen LogP) is 1.91. The van der Waals surface area contributed by atoms with Crippen LogP contribution in [0.2, 0.25) is 0 Å².